The van der Waals surface area contributed by atoms with Crippen molar-refractivity contribution in [1.29, 1.82) is 0 Å². The van der Waals surface area contributed by atoms with Gasteiger partial charge in [0.25, 0.3) is 11.4 Å². The summed E-state index contributed by atoms with van der Waals surface area (Å²) in [6, 6.07) is 12.4. The third kappa shape index (κ3) is 2.49. The second kappa shape index (κ2) is 5.48. The fourth-order valence-corrected chi connectivity index (χ4v) is 2.04. The molecule has 0 saturated carbocycles. The van der Waals surface area contributed by atoms with Crippen LogP contribution in [0.3, 0.4) is 0 Å². The molecular formula is C14H11N2O4. The van der Waals surface area contributed by atoms with Crippen molar-refractivity contribution in [2.24, 2.45) is 0 Å². The van der Waals surface area contributed by atoms with Gasteiger partial charge in [-0.25, -0.2) is 0 Å². The fourth-order valence-electron chi connectivity index (χ4n) is 2.04. The van der Waals surface area contributed by atoms with E-state index in [-0.39, 0.29) is 11.4 Å². The van der Waals surface area contributed by atoms with Gasteiger partial charge in [0.2, 0.25) is 0 Å². The molecule has 2 aromatic carbocycles. The minimum Gasteiger partial charge on any atom is -0.258 e. The molecule has 0 atom stereocenters. The minimum atomic E-state index is -0.492. The first-order valence-electron chi connectivity index (χ1n) is 5.83. The molecule has 0 heterocycles. The molecule has 0 aliphatic heterocycles. The zero-order chi connectivity index (χ0) is 14.7. The predicted molar refractivity (Wildman–Crippen MR) is 73.3 cm³/mol. The Hall–Kier alpha value is -2.76. The molecule has 20 heavy (non-hydrogen) atoms. The fraction of sp³-hybridized carbons (Fsp3) is 0.0714. The van der Waals surface area contributed by atoms with Crippen LogP contribution in [0.5, 0.6) is 0 Å². The van der Waals surface area contributed by atoms with Crippen LogP contribution in [-0.2, 0) is 0 Å². The van der Waals surface area contributed by atoms with Crippen molar-refractivity contribution in [1.82, 2.24) is 0 Å². The van der Waals surface area contributed by atoms with Crippen LogP contribution in [0, 0.1) is 26.1 Å². The first-order chi connectivity index (χ1) is 9.52. The summed E-state index contributed by atoms with van der Waals surface area (Å²) >= 11 is 0. The van der Waals surface area contributed by atoms with Crippen molar-refractivity contribution in [2.75, 3.05) is 0 Å². The average Bonchev–Trinajstić information content (AvgIpc) is 2.46. The van der Waals surface area contributed by atoms with Crippen molar-refractivity contribution in [3.8, 4) is 0 Å². The molecule has 0 aliphatic carbocycles. The van der Waals surface area contributed by atoms with Crippen molar-refractivity contribution in [3.05, 3.63) is 85.8 Å². The Labute approximate surface area is 115 Å². The Balaban J connectivity index is 2.55. The van der Waals surface area contributed by atoms with Gasteiger partial charge in [-0.15, -0.1) is 0 Å². The number of nitro benzene ring substituents is 2. The predicted octanol–water partition coefficient (Wildman–Crippen LogP) is 3.49. The molecule has 0 bridgehead atoms. The van der Waals surface area contributed by atoms with Gasteiger partial charge < -0.3 is 0 Å². The van der Waals surface area contributed by atoms with Gasteiger partial charge in [0, 0.05) is 29.2 Å². The van der Waals surface area contributed by atoms with Crippen LogP contribution < -0.4 is 0 Å². The lowest BCUT2D eigenvalue weighted by molar-refractivity contribution is -0.386. The molecule has 2 rings (SSSR count). The molecule has 0 N–H and O–H groups in total. The van der Waals surface area contributed by atoms with Crippen LogP contribution in [0.1, 0.15) is 18.1 Å². The minimum absolute atomic E-state index is 0.0665. The van der Waals surface area contributed by atoms with Crippen molar-refractivity contribution in [2.45, 2.75) is 6.92 Å². The molecule has 0 spiro atoms. The highest BCUT2D eigenvalue weighted by molar-refractivity contribution is 5.60. The standard InChI is InChI=1S/C14H11N2O4/c1-10(11-6-2-4-8-13(11)15(17)18)12-7-3-5-9-14(12)16(19)20/h2-9H,1H3. The van der Waals surface area contributed by atoms with Crippen molar-refractivity contribution >= 4 is 11.4 Å². The van der Waals surface area contributed by atoms with E-state index in [0.717, 1.165) is 0 Å². The molecule has 0 saturated heterocycles. The van der Waals surface area contributed by atoms with Crippen LogP contribution in [0.15, 0.2) is 48.5 Å². The number of nitrogens with zero attached hydrogens (tertiary/aromatic N) is 2. The number of para-hydroxylation sites is 2. The summed E-state index contributed by atoms with van der Waals surface area (Å²) in [6.07, 6.45) is 0. The number of rotatable bonds is 4. The second-order valence-electron chi connectivity index (χ2n) is 4.17. The summed E-state index contributed by atoms with van der Waals surface area (Å²) in [7, 11) is 0. The lowest BCUT2D eigenvalue weighted by Gasteiger charge is -2.12. The van der Waals surface area contributed by atoms with Crippen LogP contribution >= 0.6 is 0 Å². The van der Waals surface area contributed by atoms with Crippen LogP contribution in [0.25, 0.3) is 0 Å². The third-order valence-electron chi connectivity index (χ3n) is 3.01. The van der Waals surface area contributed by atoms with E-state index in [2.05, 4.69) is 0 Å². The van der Waals surface area contributed by atoms with Gasteiger partial charge in [0.15, 0.2) is 0 Å². The van der Waals surface area contributed by atoms with Crippen LogP contribution in [0.4, 0.5) is 11.4 Å². The maximum Gasteiger partial charge on any atom is 0.273 e. The molecule has 101 valence electrons. The molecule has 6 nitrogen and oxygen atoms in total. The maximum absolute atomic E-state index is 11.0. The van der Waals surface area contributed by atoms with Crippen molar-refractivity contribution in [3.63, 3.8) is 0 Å². The highest BCUT2D eigenvalue weighted by Crippen LogP contribution is 2.34. The largest absolute Gasteiger partial charge is 0.273 e. The molecule has 0 amide bonds. The molecule has 0 fully saturated rings. The number of nitro groups is 2. The van der Waals surface area contributed by atoms with Crippen LogP contribution in [0.2, 0.25) is 0 Å². The van der Waals surface area contributed by atoms with Gasteiger partial charge >= 0.3 is 0 Å². The Morgan fingerprint density at radius 2 is 1.15 bits per heavy atom. The van der Waals surface area contributed by atoms with Gasteiger partial charge in [-0.3, -0.25) is 20.2 Å². The van der Waals surface area contributed by atoms with E-state index in [0.29, 0.717) is 17.0 Å². The van der Waals surface area contributed by atoms with E-state index in [1.54, 1.807) is 43.3 Å². The highest BCUT2D eigenvalue weighted by atomic mass is 16.6. The molecule has 1 radical (unpaired) electrons. The van der Waals surface area contributed by atoms with E-state index in [4.69, 9.17) is 0 Å². The van der Waals surface area contributed by atoms with Gasteiger partial charge in [-0.05, 0) is 6.92 Å². The summed E-state index contributed by atoms with van der Waals surface area (Å²) in [4.78, 5) is 21.1. The first kappa shape index (κ1) is 13.7. The van der Waals surface area contributed by atoms with Crippen LogP contribution in [-0.4, -0.2) is 9.85 Å². The molecule has 2 aromatic rings. The molecule has 0 aliphatic rings. The van der Waals surface area contributed by atoms with Gasteiger partial charge in [-0.1, -0.05) is 36.4 Å². The Morgan fingerprint density at radius 3 is 1.50 bits per heavy atom. The lowest BCUT2D eigenvalue weighted by atomic mass is 9.91. The van der Waals surface area contributed by atoms with Crippen molar-refractivity contribution < 1.29 is 9.85 Å². The monoisotopic (exact) mass is 271 g/mol. The Bertz CT molecular complexity index is 612. The van der Waals surface area contributed by atoms with E-state index < -0.39 is 9.85 Å². The lowest BCUT2D eigenvalue weighted by Crippen LogP contribution is -2.05. The summed E-state index contributed by atoms with van der Waals surface area (Å²) in [5.41, 5.74) is 0.630. The Kier molecular flexibility index (Phi) is 3.74. The summed E-state index contributed by atoms with van der Waals surface area (Å²) in [5, 5.41) is 22.1. The molecule has 0 aromatic heterocycles. The zero-order valence-corrected chi connectivity index (χ0v) is 10.6. The summed E-state index contributed by atoms with van der Waals surface area (Å²) in [5.74, 6) is 0.504. The smallest absolute Gasteiger partial charge is 0.258 e. The van der Waals surface area contributed by atoms with Gasteiger partial charge in [-0.2, -0.15) is 0 Å². The Morgan fingerprint density at radius 1 is 0.800 bits per heavy atom. The number of hydrogen-bond acceptors (Lipinski definition) is 4. The summed E-state index contributed by atoms with van der Waals surface area (Å²) in [6.45, 7) is 1.64. The first-order valence-corrected chi connectivity index (χ1v) is 5.83. The average molecular weight is 271 g/mol. The molecular weight excluding hydrogens is 260 g/mol. The number of benzene rings is 2. The molecule has 0 unspecified atom stereocenters. The quantitative estimate of drug-likeness (QED) is 0.629. The van der Waals surface area contributed by atoms with E-state index >= 15 is 0 Å². The van der Waals surface area contributed by atoms with Gasteiger partial charge in [0.05, 0.1) is 9.85 Å². The zero-order valence-electron chi connectivity index (χ0n) is 10.6. The highest BCUT2D eigenvalue weighted by Gasteiger charge is 2.25. The third-order valence-corrected chi connectivity index (χ3v) is 3.01. The molecule has 6 heteroatoms. The SMILES string of the molecule is C[C](c1ccccc1[N+](=O)[O-])c1ccccc1[N+](=O)[O-]. The number of hydrogen-bond donors (Lipinski definition) is 0. The van der Waals surface area contributed by atoms with E-state index in [1.165, 1.54) is 12.1 Å². The summed E-state index contributed by atoms with van der Waals surface area (Å²) < 4.78 is 0. The maximum atomic E-state index is 11.0. The topological polar surface area (TPSA) is 86.3 Å². The normalized spacial score (nSPS) is 10.5. The van der Waals surface area contributed by atoms with E-state index in [1.807, 2.05) is 0 Å². The second-order valence-corrected chi connectivity index (χ2v) is 4.17. The van der Waals surface area contributed by atoms with Gasteiger partial charge in [0.1, 0.15) is 0 Å². The van der Waals surface area contributed by atoms with E-state index in [9.17, 15) is 20.2 Å².